The number of piperazine rings is 1. The summed E-state index contributed by atoms with van der Waals surface area (Å²) < 4.78 is 13.3. The van der Waals surface area contributed by atoms with Crippen LogP contribution in [0, 0.1) is 19.7 Å². The first-order valence-corrected chi connectivity index (χ1v) is 8.06. The second-order valence-corrected chi connectivity index (χ2v) is 6.09. The van der Waals surface area contributed by atoms with Crippen molar-refractivity contribution in [2.75, 3.05) is 19.6 Å². The van der Waals surface area contributed by atoms with Gasteiger partial charge in [-0.05, 0) is 31.5 Å². The van der Waals surface area contributed by atoms with Crippen molar-refractivity contribution < 1.29 is 14.0 Å². The van der Waals surface area contributed by atoms with Gasteiger partial charge in [-0.1, -0.05) is 12.1 Å². The summed E-state index contributed by atoms with van der Waals surface area (Å²) in [5.74, 6) is -0.121. The molecule has 0 saturated carbocycles. The lowest BCUT2D eigenvalue weighted by Gasteiger charge is -2.34. The summed E-state index contributed by atoms with van der Waals surface area (Å²) in [6.45, 7) is 4.69. The minimum atomic E-state index is -0.325. The summed E-state index contributed by atoms with van der Waals surface area (Å²) in [6.07, 6.45) is 1.50. The predicted molar refractivity (Wildman–Crippen MR) is 89.2 cm³/mol. The van der Waals surface area contributed by atoms with Gasteiger partial charge in [0.05, 0.1) is 11.3 Å². The minimum absolute atomic E-state index is 0.00145. The number of aryl methyl sites for hydroxylation is 2. The summed E-state index contributed by atoms with van der Waals surface area (Å²) in [4.78, 5) is 36.4. The van der Waals surface area contributed by atoms with Gasteiger partial charge in [-0.15, -0.1) is 0 Å². The smallest absolute Gasteiger partial charge is 0.257 e. The average Bonchev–Trinajstić information content (AvgIpc) is 2.56. The maximum Gasteiger partial charge on any atom is 0.257 e. The van der Waals surface area contributed by atoms with E-state index in [-0.39, 0.29) is 24.2 Å². The zero-order valence-corrected chi connectivity index (χ0v) is 14.2. The maximum atomic E-state index is 13.3. The van der Waals surface area contributed by atoms with Crippen LogP contribution in [-0.2, 0) is 11.3 Å². The van der Waals surface area contributed by atoms with Crippen LogP contribution in [0.1, 0.15) is 27.4 Å². The van der Waals surface area contributed by atoms with Crippen LogP contribution in [0.15, 0.2) is 30.5 Å². The highest BCUT2D eigenvalue weighted by molar-refractivity contribution is 5.97. The number of carbonyl (C=O) groups excluding carboxylic acids is 2. The SMILES string of the molecule is Cc1ncc(C(=O)N2CCN(Cc3cccc(F)c3)C(=O)C2)c(C)n1. The highest BCUT2D eigenvalue weighted by atomic mass is 19.1. The molecule has 1 aromatic carbocycles. The summed E-state index contributed by atoms with van der Waals surface area (Å²) in [7, 11) is 0. The number of rotatable bonds is 3. The number of benzene rings is 1. The molecule has 1 fully saturated rings. The monoisotopic (exact) mass is 342 g/mol. The first-order chi connectivity index (χ1) is 11.9. The Morgan fingerprint density at radius 2 is 2.08 bits per heavy atom. The van der Waals surface area contributed by atoms with E-state index >= 15 is 0 Å². The quantitative estimate of drug-likeness (QED) is 0.852. The van der Waals surface area contributed by atoms with Gasteiger partial charge in [-0.25, -0.2) is 14.4 Å². The molecule has 2 aromatic rings. The summed E-state index contributed by atoms with van der Waals surface area (Å²) in [5.41, 5.74) is 1.75. The molecule has 0 bridgehead atoms. The van der Waals surface area contributed by atoms with Crippen LogP contribution in [0.5, 0.6) is 0 Å². The molecule has 3 rings (SSSR count). The van der Waals surface area contributed by atoms with E-state index in [1.807, 2.05) is 0 Å². The van der Waals surface area contributed by atoms with Crippen LogP contribution >= 0.6 is 0 Å². The Morgan fingerprint density at radius 1 is 1.28 bits per heavy atom. The van der Waals surface area contributed by atoms with E-state index in [1.165, 1.54) is 23.2 Å². The lowest BCUT2D eigenvalue weighted by atomic mass is 10.1. The molecule has 1 saturated heterocycles. The molecular weight excluding hydrogens is 323 g/mol. The first-order valence-electron chi connectivity index (χ1n) is 8.06. The number of aromatic nitrogens is 2. The zero-order chi connectivity index (χ0) is 18.0. The molecular formula is C18H19FN4O2. The second-order valence-electron chi connectivity index (χ2n) is 6.09. The topological polar surface area (TPSA) is 66.4 Å². The fourth-order valence-electron chi connectivity index (χ4n) is 2.87. The third-order valence-corrected chi connectivity index (χ3v) is 4.20. The molecule has 25 heavy (non-hydrogen) atoms. The van der Waals surface area contributed by atoms with Gasteiger partial charge in [0.1, 0.15) is 18.2 Å². The van der Waals surface area contributed by atoms with Gasteiger partial charge in [0.2, 0.25) is 5.91 Å². The molecule has 2 amide bonds. The van der Waals surface area contributed by atoms with Gasteiger partial charge in [-0.2, -0.15) is 0 Å². The first kappa shape index (κ1) is 17.0. The normalized spacial score (nSPS) is 14.8. The van der Waals surface area contributed by atoms with Gasteiger partial charge in [0.25, 0.3) is 5.91 Å². The van der Waals surface area contributed by atoms with Crippen LogP contribution < -0.4 is 0 Å². The molecule has 1 aliphatic heterocycles. The van der Waals surface area contributed by atoms with Crippen molar-refractivity contribution in [3.05, 3.63) is 58.9 Å². The van der Waals surface area contributed by atoms with E-state index in [2.05, 4.69) is 9.97 Å². The standard InChI is InChI=1S/C18H19FN4O2/c1-12-16(9-20-13(2)21-12)18(25)23-7-6-22(17(24)11-23)10-14-4-3-5-15(19)8-14/h3-5,8-9H,6-7,10-11H2,1-2H3. The Kier molecular flexibility index (Phi) is 4.74. The molecule has 0 spiro atoms. The number of amides is 2. The maximum absolute atomic E-state index is 13.3. The van der Waals surface area contributed by atoms with Crippen molar-refractivity contribution in [1.29, 1.82) is 0 Å². The fourth-order valence-corrected chi connectivity index (χ4v) is 2.87. The largest absolute Gasteiger partial charge is 0.335 e. The van der Waals surface area contributed by atoms with Crippen LogP contribution in [0.3, 0.4) is 0 Å². The van der Waals surface area contributed by atoms with Crippen molar-refractivity contribution >= 4 is 11.8 Å². The van der Waals surface area contributed by atoms with Crippen LogP contribution in [0.4, 0.5) is 4.39 Å². The molecule has 0 N–H and O–H groups in total. The van der Waals surface area contributed by atoms with Gasteiger partial charge in [-0.3, -0.25) is 9.59 Å². The molecule has 1 aromatic heterocycles. The molecule has 130 valence electrons. The third kappa shape index (κ3) is 3.81. The van der Waals surface area contributed by atoms with E-state index < -0.39 is 0 Å². The summed E-state index contributed by atoms with van der Waals surface area (Å²) >= 11 is 0. The Balaban J connectivity index is 1.67. The van der Waals surface area contributed by atoms with Crippen molar-refractivity contribution in [2.24, 2.45) is 0 Å². The van der Waals surface area contributed by atoms with Crippen molar-refractivity contribution in [3.63, 3.8) is 0 Å². The number of nitrogens with zero attached hydrogens (tertiary/aromatic N) is 4. The summed E-state index contributed by atoms with van der Waals surface area (Å²) in [6, 6.07) is 6.18. The van der Waals surface area contributed by atoms with Crippen LogP contribution in [0.2, 0.25) is 0 Å². The highest BCUT2D eigenvalue weighted by Gasteiger charge is 2.28. The highest BCUT2D eigenvalue weighted by Crippen LogP contribution is 2.14. The predicted octanol–water partition coefficient (Wildman–Crippen LogP) is 1.72. The van der Waals surface area contributed by atoms with E-state index in [1.54, 1.807) is 30.9 Å². The Labute approximate surface area is 145 Å². The Hall–Kier alpha value is -2.83. The van der Waals surface area contributed by atoms with E-state index in [0.717, 1.165) is 5.56 Å². The van der Waals surface area contributed by atoms with Gasteiger partial charge < -0.3 is 9.80 Å². The molecule has 0 aliphatic carbocycles. The van der Waals surface area contributed by atoms with Crippen LogP contribution in [-0.4, -0.2) is 51.2 Å². The second kappa shape index (κ2) is 6.96. The number of halogens is 1. The fraction of sp³-hybridized carbons (Fsp3) is 0.333. The zero-order valence-electron chi connectivity index (χ0n) is 14.2. The van der Waals surface area contributed by atoms with Gasteiger partial charge in [0, 0.05) is 25.8 Å². The van der Waals surface area contributed by atoms with Crippen LogP contribution in [0.25, 0.3) is 0 Å². The van der Waals surface area contributed by atoms with E-state index in [4.69, 9.17) is 0 Å². The molecule has 6 nitrogen and oxygen atoms in total. The molecule has 1 aliphatic rings. The molecule has 0 atom stereocenters. The lowest BCUT2D eigenvalue weighted by Crippen LogP contribution is -2.52. The molecule has 7 heteroatoms. The minimum Gasteiger partial charge on any atom is -0.335 e. The van der Waals surface area contributed by atoms with Crippen molar-refractivity contribution in [2.45, 2.75) is 20.4 Å². The third-order valence-electron chi connectivity index (χ3n) is 4.20. The van der Waals surface area contributed by atoms with Gasteiger partial charge >= 0.3 is 0 Å². The molecule has 0 unspecified atom stereocenters. The Bertz CT molecular complexity index is 824. The summed E-state index contributed by atoms with van der Waals surface area (Å²) in [5, 5.41) is 0. The average molecular weight is 342 g/mol. The number of carbonyl (C=O) groups is 2. The van der Waals surface area contributed by atoms with E-state index in [9.17, 15) is 14.0 Å². The number of hydrogen-bond donors (Lipinski definition) is 0. The van der Waals surface area contributed by atoms with Crippen molar-refractivity contribution in [3.8, 4) is 0 Å². The molecule has 2 heterocycles. The Morgan fingerprint density at radius 3 is 2.76 bits per heavy atom. The molecule has 0 radical (unpaired) electrons. The number of hydrogen-bond acceptors (Lipinski definition) is 4. The van der Waals surface area contributed by atoms with Crippen molar-refractivity contribution in [1.82, 2.24) is 19.8 Å². The van der Waals surface area contributed by atoms with Gasteiger partial charge in [0.15, 0.2) is 0 Å². The lowest BCUT2D eigenvalue weighted by molar-refractivity contribution is -0.135. The van der Waals surface area contributed by atoms with E-state index in [0.29, 0.717) is 36.7 Å².